The first-order valence-corrected chi connectivity index (χ1v) is 5.59. The summed E-state index contributed by atoms with van der Waals surface area (Å²) < 4.78 is 0. The average Bonchev–Trinajstić information content (AvgIpc) is 2.43. The van der Waals surface area contributed by atoms with E-state index in [1.165, 1.54) is 0 Å². The van der Waals surface area contributed by atoms with Crippen molar-refractivity contribution in [1.82, 2.24) is 4.98 Å². The van der Waals surface area contributed by atoms with Crippen LogP contribution in [-0.2, 0) is 0 Å². The van der Waals surface area contributed by atoms with Crippen LogP contribution in [0.15, 0.2) is 47.7 Å². The molecule has 5 heteroatoms. The van der Waals surface area contributed by atoms with Crippen molar-refractivity contribution < 1.29 is 5.11 Å². The lowest BCUT2D eigenvalue weighted by molar-refractivity contribution is 0.141. The van der Waals surface area contributed by atoms with Gasteiger partial charge in [0.15, 0.2) is 0 Å². The van der Waals surface area contributed by atoms with Crippen LogP contribution in [0, 0.1) is 0 Å². The lowest BCUT2D eigenvalue weighted by Crippen LogP contribution is -2.17. The molecule has 5 nitrogen and oxygen atoms in total. The number of hydrogen-bond acceptors (Lipinski definition) is 3. The fourth-order valence-corrected chi connectivity index (χ4v) is 2.38. The van der Waals surface area contributed by atoms with Gasteiger partial charge in [-0.25, -0.2) is 0 Å². The number of aromatic nitrogens is 1. The quantitative estimate of drug-likeness (QED) is 0.470. The third kappa shape index (κ3) is 1.46. The Morgan fingerprint density at radius 2 is 1.94 bits per heavy atom. The molecule has 1 N–H and O–H groups in total. The zero-order chi connectivity index (χ0) is 12.5. The topological polar surface area (TPSA) is 81.9 Å². The molecular weight excluding hydrogens is 228 g/mol. The first-order valence-electron chi connectivity index (χ1n) is 5.59. The number of hydrogen-bond donors (Lipinski definition) is 1. The van der Waals surface area contributed by atoms with Gasteiger partial charge in [-0.1, -0.05) is 35.4 Å². The van der Waals surface area contributed by atoms with Gasteiger partial charge in [0.05, 0.1) is 11.7 Å². The Morgan fingerprint density at radius 1 is 1.17 bits per heavy atom. The van der Waals surface area contributed by atoms with Gasteiger partial charge in [-0.15, -0.1) is 0 Å². The Bertz CT molecular complexity index is 649. The summed E-state index contributed by atoms with van der Waals surface area (Å²) in [5, 5.41) is 14.0. The predicted molar refractivity (Wildman–Crippen MR) is 66.5 cm³/mol. The Labute approximate surface area is 103 Å². The number of aliphatic hydroxyl groups excluding tert-OH is 1. The summed E-state index contributed by atoms with van der Waals surface area (Å²) in [4.78, 5) is 7.02. The molecule has 18 heavy (non-hydrogen) atoms. The average molecular weight is 238 g/mol. The lowest BCUT2D eigenvalue weighted by Gasteiger charge is -2.28. The molecule has 3 rings (SSSR count). The number of pyridine rings is 1. The highest BCUT2D eigenvalue weighted by Crippen LogP contribution is 2.45. The molecular formula is C13H10N4O. The van der Waals surface area contributed by atoms with E-state index < -0.39 is 12.1 Å². The van der Waals surface area contributed by atoms with Gasteiger partial charge >= 0.3 is 0 Å². The molecule has 1 aliphatic carbocycles. The summed E-state index contributed by atoms with van der Waals surface area (Å²) in [5.41, 5.74) is 11.9. The molecule has 1 heterocycles. The van der Waals surface area contributed by atoms with Crippen molar-refractivity contribution in [3.63, 3.8) is 0 Å². The normalized spacial score (nSPS) is 20.5. The number of nitrogens with zero attached hydrogens (tertiary/aromatic N) is 4. The standard InChI is InChI=1S/C13H10N4O/c14-17-16-12-10-5-2-1-4-8(10)9-6-3-7-15-11(9)13(12)18/h1-7,12-13,18H/t12-,13-/m1/s1. The second kappa shape index (κ2) is 4.14. The van der Waals surface area contributed by atoms with E-state index in [0.717, 1.165) is 16.7 Å². The maximum absolute atomic E-state index is 10.3. The van der Waals surface area contributed by atoms with Crippen molar-refractivity contribution in [2.45, 2.75) is 12.1 Å². The Balaban J connectivity index is 2.31. The van der Waals surface area contributed by atoms with Crippen molar-refractivity contribution in [3.05, 3.63) is 64.3 Å². The molecule has 0 radical (unpaired) electrons. The smallest absolute Gasteiger partial charge is 0.109 e. The Kier molecular flexibility index (Phi) is 2.48. The molecule has 2 aromatic rings. The maximum Gasteiger partial charge on any atom is 0.109 e. The van der Waals surface area contributed by atoms with Gasteiger partial charge in [-0.05, 0) is 22.7 Å². The van der Waals surface area contributed by atoms with Crippen molar-refractivity contribution in [3.8, 4) is 11.1 Å². The molecule has 0 spiro atoms. The van der Waals surface area contributed by atoms with Gasteiger partial charge in [0.2, 0.25) is 0 Å². The third-order valence-electron chi connectivity index (χ3n) is 3.16. The van der Waals surface area contributed by atoms with Crippen LogP contribution < -0.4 is 0 Å². The highest BCUT2D eigenvalue weighted by atomic mass is 16.3. The summed E-state index contributed by atoms with van der Waals surface area (Å²) in [6.45, 7) is 0. The van der Waals surface area contributed by atoms with Gasteiger partial charge in [-0.2, -0.15) is 0 Å². The van der Waals surface area contributed by atoms with Crippen LogP contribution in [0.2, 0.25) is 0 Å². The summed E-state index contributed by atoms with van der Waals surface area (Å²) >= 11 is 0. The molecule has 1 aliphatic rings. The van der Waals surface area contributed by atoms with Gasteiger partial charge < -0.3 is 5.11 Å². The number of aliphatic hydroxyl groups is 1. The molecule has 0 aliphatic heterocycles. The minimum atomic E-state index is -0.896. The minimum Gasteiger partial charge on any atom is -0.386 e. The molecule has 0 amide bonds. The highest BCUT2D eigenvalue weighted by molar-refractivity contribution is 5.73. The molecule has 1 aromatic heterocycles. The lowest BCUT2D eigenvalue weighted by atomic mass is 9.84. The highest BCUT2D eigenvalue weighted by Gasteiger charge is 2.32. The fourth-order valence-electron chi connectivity index (χ4n) is 2.38. The summed E-state index contributed by atoms with van der Waals surface area (Å²) in [5.74, 6) is 0. The zero-order valence-corrected chi connectivity index (χ0v) is 9.43. The number of fused-ring (bicyclic) bond motifs is 3. The van der Waals surface area contributed by atoms with E-state index in [1.54, 1.807) is 6.20 Å². The second-order valence-corrected chi connectivity index (χ2v) is 4.12. The third-order valence-corrected chi connectivity index (χ3v) is 3.16. The summed E-state index contributed by atoms with van der Waals surface area (Å²) in [6.07, 6.45) is 0.732. The van der Waals surface area contributed by atoms with E-state index in [2.05, 4.69) is 15.0 Å². The van der Waals surface area contributed by atoms with Gasteiger partial charge in [0.1, 0.15) is 6.10 Å². The molecule has 0 bridgehead atoms. The van der Waals surface area contributed by atoms with E-state index in [4.69, 9.17) is 5.53 Å². The zero-order valence-electron chi connectivity index (χ0n) is 9.43. The van der Waals surface area contributed by atoms with E-state index in [0.29, 0.717) is 5.69 Å². The molecule has 0 saturated heterocycles. The minimum absolute atomic E-state index is 0.564. The summed E-state index contributed by atoms with van der Waals surface area (Å²) in [7, 11) is 0. The first kappa shape index (κ1) is 10.8. The largest absolute Gasteiger partial charge is 0.386 e. The summed E-state index contributed by atoms with van der Waals surface area (Å²) in [6, 6.07) is 10.7. The second-order valence-electron chi connectivity index (χ2n) is 4.12. The van der Waals surface area contributed by atoms with E-state index in [9.17, 15) is 5.11 Å². The fraction of sp³-hybridized carbons (Fsp3) is 0.154. The monoisotopic (exact) mass is 238 g/mol. The van der Waals surface area contributed by atoms with Gasteiger partial charge in [0, 0.05) is 16.7 Å². The first-order chi connectivity index (χ1) is 8.83. The molecule has 2 atom stereocenters. The van der Waals surface area contributed by atoms with E-state index >= 15 is 0 Å². The van der Waals surface area contributed by atoms with Crippen molar-refractivity contribution in [1.29, 1.82) is 0 Å². The van der Waals surface area contributed by atoms with Gasteiger partial charge in [-0.3, -0.25) is 4.98 Å². The van der Waals surface area contributed by atoms with Crippen molar-refractivity contribution >= 4 is 0 Å². The molecule has 0 unspecified atom stereocenters. The number of azide groups is 1. The van der Waals surface area contributed by atoms with Crippen LogP contribution in [0.25, 0.3) is 21.6 Å². The van der Waals surface area contributed by atoms with E-state index in [1.807, 2.05) is 36.4 Å². The predicted octanol–water partition coefficient (Wildman–Crippen LogP) is 3.15. The van der Waals surface area contributed by atoms with Crippen molar-refractivity contribution in [2.75, 3.05) is 0 Å². The number of benzene rings is 1. The van der Waals surface area contributed by atoms with Crippen LogP contribution in [0.5, 0.6) is 0 Å². The Morgan fingerprint density at radius 3 is 2.78 bits per heavy atom. The van der Waals surface area contributed by atoms with Gasteiger partial charge in [0.25, 0.3) is 0 Å². The van der Waals surface area contributed by atoms with Crippen LogP contribution in [0.3, 0.4) is 0 Å². The van der Waals surface area contributed by atoms with E-state index in [-0.39, 0.29) is 0 Å². The van der Waals surface area contributed by atoms with Crippen molar-refractivity contribution in [2.24, 2.45) is 5.11 Å². The van der Waals surface area contributed by atoms with Crippen LogP contribution in [0.4, 0.5) is 0 Å². The molecule has 0 saturated carbocycles. The molecule has 88 valence electrons. The molecule has 0 fully saturated rings. The van der Waals surface area contributed by atoms with Crippen LogP contribution in [-0.4, -0.2) is 10.1 Å². The number of rotatable bonds is 1. The van der Waals surface area contributed by atoms with Crippen LogP contribution in [0.1, 0.15) is 23.4 Å². The van der Waals surface area contributed by atoms with Crippen LogP contribution >= 0.6 is 0 Å². The Hall–Kier alpha value is -2.36. The maximum atomic E-state index is 10.3. The SMILES string of the molecule is [N-]=[N+]=N[C@@H]1c2ccccc2-c2cccnc2[C@H]1O. The molecule has 1 aromatic carbocycles.